The van der Waals surface area contributed by atoms with E-state index in [2.05, 4.69) is 5.32 Å². The van der Waals surface area contributed by atoms with Crippen LogP contribution in [0.15, 0.2) is 48.5 Å². The second-order valence-electron chi connectivity index (χ2n) is 5.04. The first-order valence-electron chi connectivity index (χ1n) is 6.76. The molecule has 0 aromatic heterocycles. The summed E-state index contributed by atoms with van der Waals surface area (Å²) in [6.07, 6.45) is 0.0180. The van der Waals surface area contributed by atoms with Crippen LogP contribution in [-0.4, -0.2) is 28.1 Å². The van der Waals surface area contributed by atoms with Crippen LogP contribution in [0.25, 0.3) is 0 Å². The van der Waals surface area contributed by atoms with Crippen molar-refractivity contribution >= 4 is 23.2 Å². The van der Waals surface area contributed by atoms with Crippen molar-refractivity contribution in [3.63, 3.8) is 0 Å². The van der Waals surface area contributed by atoms with E-state index in [-0.39, 0.29) is 29.7 Å². The largest absolute Gasteiger partial charge is 0.508 e. The van der Waals surface area contributed by atoms with E-state index >= 15 is 0 Å². The zero-order valence-corrected chi connectivity index (χ0v) is 11.6. The van der Waals surface area contributed by atoms with Crippen molar-refractivity contribution in [1.82, 2.24) is 0 Å². The zero-order valence-electron chi connectivity index (χ0n) is 11.6. The summed E-state index contributed by atoms with van der Waals surface area (Å²) in [6, 6.07) is 11.6. The maximum Gasteiger partial charge on any atom is 0.256 e. The van der Waals surface area contributed by atoms with Crippen LogP contribution in [0.1, 0.15) is 6.42 Å². The third-order valence-electron chi connectivity index (χ3n) is 3.42. The van der Waals surface area contributed by atoms with Crippen LogP contribution >= 0.6 is 0 Å². The number of carbonyl (C=O) groups is 2. The molecule has 22 heavy (non-hydrogen) atoms. The molecule has 0 spiro atoms. The van der Waals surface area contributed by atoms with Gasteiger partial charge in [-0.1, -0.05) is 12.1 Å². The fraction of sp³-hybridized carbons (Fsp3) is 0.125. The van der Waals surface area contributed by atoms with Gasteiger partial charge in [0.05, 0.1) is 12.1 Å². The lowest BCUT2D eigenvalue weighted by Gasteiger charge is -2.16. The highest BCUT2D eigenvalue weighted by molar-refractivity contribution is 6.23. The smallest absolute Gasteiger partial charge is 0.256 e. The van der Waals surface area contributed by atoms with Crippen molar-refractivity contribution < 1.29 is 19.8 Å². The highest BCUT2D eigenvalue weighted by Gasteiger charge is 2.39. The average Bonchev–Trinajstić information content (AvgIpc) is 2.73. The number of imide groups is 1. The maximum absolute atomic E-state index is 12.4. The summed E-state index contributed by atoms with van der Waals surface area (Å²) in [7, 11) is 0. The third-order valence-corrected chi connectivity index (χ3v) is 3.42. The van der Waals surface area contributed by atoms with Gasteiger partial charge in [0.2, 0.25) is 5.91 Å². The van der Waals surface area contributed by atoms with Crippen LogP contribution in [0.2, 0.25) is 0 Å². The van der Waals surface area contributed by atoms with Crippen molar-refractivity contribution in [2.45, 2.75) is 12.5 Å². The lowest BCUT2D eigenvalue weighted by molar-refractivity contribution is -0.121. The molecule has 2 amide bonds. The lowest BCUT2D eigenvalue weighted by atomic mass is 10.2. The Labute approximate surface area is 126 Å². The van der Waals surface area contributed by atoms with Crippen molar-refractivity contribution in [3.05, 3.63) is 48.5 Å². The van der Waals surface area contributed by atoms with E-state index < -0.39 is 6.04 Å². The van der Waals surface area contributed by atoms with E-state index in [9.17, 15) is 19.8 Å². The number of rotatable bonds is 3. The molecule has 0 radical (unpaired) electrons. The number of hydrogen-bond donors (Lipinski definition) is 3. The summed E-state index contributed by atoms with van der Waals surface area (Å²) >= 11 is 0. The molecule has 1 aliphatic heterocycles. The van der Waals surface area contributed by atoms with Crippen LogP contribution in [0.3, 0.4) is 0 Å². The van der Waals surface area contributed by atoms with E-state index in [1.54, 1.807) is 24.3 Å². The topological polar surface area (TPSA) is 89.9 Å². The first kappa shape index (κ1) is 13.9. The Kier molecular flexibility index (Phi) is 3.42. The van der Waals surface area contributed by atoms with Crippen LogP contribution in [-0.2, 0) is 9.59 Å². The van der Waals surface area contributed by atoms with Gasteiger partial charge in [-0.05, 0) is 24.3 Å². The normalized spacial score (nSPS) is 17.8. The number of amides is 2. The van der Waals surface area contributed by atoms with E-state index in [4.69, 9.17) is 0 Å². The fourth-order valence-electron chi connectivity index (χ4n) is 2.44. The number of phenols is 2. The molecule has 2 aromatic carbocycles. The minimum atomic E-state index is -0.698. The average molecular weight is 298 g/mol. The van der Waals surface area contributed by atoms with Gasteiger partial charge in [-0.2, -0.15) is 0 Å². The quantitative estimate of drug-likeness (QED) is 0.752. The highest BCUT2D eigenvalue weighted by Crippen LogP contribution is 2.27. The molecule has 1 atom stereocenters. The molecule has 1 heterocycles. The van der Waals surface area contributed by atoms with Crippen LogP contribution in [0.4, 0.5) is 11.4 Å². The number of nitrogens with one attached hydrogen (secondary N) is 1. The summed E-state index contributed by atoms with van der Waals surface area (Å²) < 4.78 is 0. The molecule has 0 aliphatic carbocycles. The van der Waals surface area contributed by atoms with Crippen LogP contribution < -0.4 is 10.2 Å². The maximum atomic E-state index is 12.4. The Morgan fingerprint density at radius 2 is 1.68 bits per heavy atom. The Morgan fingerprint density at radius 1 is 1.00 bits per heavy atom. The summed E-state index contributed by atoms with van der Waals surface area (Å²) in [5.41, 5.74) is 0.902. The molecule has 6 nitrogen and oxygen atoms in total. The molecule has 2 aromatic rings. The molecule has 1 aliphatic rings. The van der Waals surface area contributed by atoms with E-state index in [1.165, 1.54) is 24.3 Å². The summed E-state index contributed by atoms with van der Waals surface area (Å²) in [6.45, 7) is 0. The monoisotopic (exact) mass is 298 g/mol. The van der Waals surface area contributed by atoms with Gasteiger partial charge in [-0.25, -0.2) is 4.90 Å². The standard InChI is InChI=1S/C16H14N2O4/c19-12-5-1-3-10(7-12)17-14-9-15(21)18(16(14)22)11-4-2-6-13(20)8-11/h1-8,14,17,19-20H,9H2. The summed E-state index contributed by atoms with van der Waals surface area (Å²) in [4.78, 5) is 25.6. The number of hydrogen-bond acceptors (Lipinski definition) is 5. The van der Waals surface area contributed by atoms with Crippen molar-refractivity contribution in [2.24, 2.45) is 0 Å². The molecule has 3 N–H and O–H groups in total. The van der Waals surface area contributed by atoms with Crippen molar-refractivity contribution in [3.8, 4) is 11.5 Å². The summed E-state index contributed by atoms with van der Waals surface area (Å²) in [5, 5.41) is 21.9. The number of benzene rings is 2. The second-order valence-corrected chi connectivity index (χ2v) is 5.04. The summed E-state index contributed by atoms with van der Waals surface area (Å²) in [5.74, 6) is -0.665. The SMILES string of the molecule is O=C1CC(Nc2cccc(O)c2)C(=O)N1c1cccc(O)c1. The molecule has 1 unspecified atom stereocenters. The second kappa shape index (κ2) is 5.40. The Hall–Kier alpha value is -3.02. The van der Waals surface area contributed by atoms with E-state index in [0.29, 0.717) is 11.4 Å². The Morgan fingerprint density at radius 3 is 2.36 bits per heavy atom. The molecule has 1 fully saturated rings. The molecule has 112 valence electrons. The first-order chi connectivity index (χ1) is 10.5. The molecule has 0 bridgehead atoms. The lowest BCUT2D eigenvalue weighted by Crippen LogP contribution is -2.34. The predicted molar refractivity (Wildman–Crippen MR) is 80.7 cm³/mol. The van der Waals surface area contributed by atoms with Gasteiger partial charge < -0.3 is 15.5 Å². The number of aromatic hydroxyl groups is 2. The van der Waals surface area contributed by atoms with Crippen molar-refractivity contribution in [1.29, 1.82) is 0 Å². The number of anilines is 2. The van der Waals surface area contributed by atoms with Gasteiger partial charge in [0.15, 0.2) is 0 Å². The van der Waals surface area contributed by atoms with Gasteiger partial charge in [0, 0.05) is 17.8 Å². The number of carbonyl (C=O) groups excluding carboxylic acids is 2. The van der Waals surface area contributed by atoms with E-state index in [1.807, 2.05) is 0 Å². The van der Waals surface area contributed by atoms with Crippen molar-refractivity contribution in [2.75, 3.05) is 10.2 Å². The molecule has 3 rings (SSSR count). The van der Waals surface area contributed by atoms with Gasteiger partial charge in [0.1, 0.15) is 17.5 Å². The number of nitrogens with zero attached hydrogens (tertiary/aromatic N) is 1. The first-order valence-corrected chi connectivity index (χ1v) is 6.76. The molecule has 6 heteroatoms. The Balaban J connectivity index is 1.82. The van der Waals surface area contributed by atoms with Gasteiger partial charge >= 0.3 is 0 Å². The predicted octanol–water partition coefficient (Wildman–Crippen LogP) is 1.84. The van der Waals surface area contributed by atoms with Crippen LogP contribution in [0, 0.1) is 0 Å². The van der Waals surface area contributed by atoms with Gasteiger partial charge in [0.25, 0.3) is 5.91 Å². The van der Waals surface area contributed by atoms with E-state index in [0.717, 1.165) is 4.90 Å². The fourth-order valence-corrected chi connectivity index (χ4v) is 2.44. The highest BCUT2D eigenvalue weighted by atomic mass is 16.3. The third kappa shape index (κ3) is 2.58. The minimum absolute atomic E-state index is 0.0116. The zero-order chi connectivity index (χ0) is 15.7. The molecule has 0 saturated carbocycles. The number of phenolic OH excluding ortho intramolecular Hbond substituents is 2. The van der Waals surface area contributed by atoms with Gasteiger partial charge in [-0.15, -0.1) is 0 Å². The van der Waals surface area contributed by atoms with Crippen LogP contribution in [0.5, 0.6) is 11.5 Å². The van der Waals surface area contributed by atoms with Gasteiger partial charge in [-0.3, -0.25) is 9.59 Å². The minimum Gasteiger partial charge on any atom is -0.508 e. The Bertz CT molecular complexity index is 744. The molecular formula is C16H14N2O4. The molecule has 1 saturated heterocycles. The molecular weight excluding hydrogens is 284 g/mol.